The number of H-pyrrole nitrogens is 1. The third-order valence-electron chi connectivity index (χ3n) is 5.53. The van der Waals surface area contributed by atoms with Crippen LogP contribution in [0.5, 0.6) is 0 Å². The number of sulfonamides is 1. The highest BCUT2D eigenvalue weighted by atomic mass is 32.2. The van der Waals surface area contributed by atoms with Gasteiger partial charge in [0.05, 0.1) is 27.3 Å². The van der Waals surface area contributed by atoms with Crippen molar-refractivity contribution in [1.29, 1.82) is 0 Å². The van der Waals surface area contributed by atoms with Gasteiger partial charge in [-0.1, -0.05) is 43.4 Å². The first-order valence-electron chi connectivity index (χ1n) is 10.9. The summed E-state index contributed by atoms with van der Waals surface area (Å²) in [5.41, 5.74) is 4.13. The normalized spacial score (nSPS) is 11.8. The number of benzene rings is 2. The summed E-state index contributed by atoms with van der Waals surface area (Å²) in [6.07, 6.45) is 0. The number of carbonyl (C=O) groups is 1. The largest absolute Gasteiger partial charge is 0.300 e. The molecule has 0 aliphatic heterocycles. The lowest BCUT2D eigenvalue weighted by atomic mass is 10.0. The van der Waals surface area contributed by atoms with E-state index in [1.54, 1.807) is 26.0 Å². The number of carbonyl (C=O) groups excluding carboxylic acids is 1. The Morgan fingerprint density at radius 3 is 2.44 bits per heavy atom. The number of fused-ring (bicyclic) bond motifs is 1. The smallest absolute Gasteiger partial charge is 0.268 e. The van der Waals surface area contributed by atoms with Crippen LogP contribution in [-0.4, -0.2) is 36.1 Å². The van der Waals surface area contributed by atoms with Crippen LogP contribution in [0.15, 0.2) is 47.4 Å². The molecule has 4 rings (SSSR count). The molecule has 0 fully saturated rings. The fourth-order valence-corrected chi connectivity index (χ4v) is 6.48. The number of aromatic nitrogens is 3. The van der Waals surface area contributed by atoms with Crippen molar-refractivity contribution in [2.24, 2.45) is 0 Å². The number of nitrogens with one attached hydrogen (secondary N) is 2. The van der Waals surface area contributed by atoms with Gasteiger partial charge in [0.1, 0.15) is 11.4 Å². The lowest BCUT2D eigenvalue weighted by Gasteiger charge is -2.24. The predicted molar refractivity (Wildman–Crippen MR) is 136 cm³/mol. The van der Waals surface area contributed by atoms with Crippen molar-refractivity contribution in [3.8, 4) is 0 Å². The number of aryl methyl sites for hydroxylation is 3. The van der Waals surface area contributed by atoms with E-state index in [0.29, 0.717) is 28.1 Å². The maximum absolute atomic E-state index is 13.7. The highest BCUT2D eigenvalue weighted by Crippen LogP contribution is 2.30. The molecule has 4 aromatic rings. The molecule has 0 spiro atoms. The van der Waals surface area contributed by atoms with E-state index in [4.69, 9.17) is 0 Å². The van der Waals surface area contributed by atoms with Crippen LogP contribution in [0, 0.1) is 20.8 Å². The molecular weight excluding hydrogens is 470 g/mol. The maximum atomic E-state index is 13.7. The molecule has 0 bridgehead atoms. The van der Waals surface area contributed by atoms with E-state index in [1.165, 1.54) is 11.3 Å². The Kier molecular flexibility index (Phi) is 6.46. The number of nitrogens with zero attached hydrogens (tertiary/aromatic N) is 3. The molecular formula is C24H27N5O3S2. The Hall–Kier alpha value is -3.24. The number of hydrogen-bond donors (Lipinski definition) is 2. The van der Waals surface area contributed by atoms with Crippen LogP contribution in [-0.2, 0) is 14.8 Å². The first-order valence-corrected chi connectivity index (χ1v) is 13.1. The van der Waals surface area contributed by atoms with Gasteiger partial charge in [0.15, 0.2) is 5.13 Å². The van der Waals surface area contributed by atoms with E-state index in [9.17, 15) is 13.2 Å². The zero-order chi connectivity index (χ0) is 24.6. The Labute approximate surface area is 203 Å². The van der Waals surface area contributed by atoms with Gasteiger partial charge >= 0.3 is 0 Å². The topological polar surface area (TPSA) is 108 Å². The van der Waals surface area contributed by atoms with Crippen LogP contribution in [0.3, 0.4) is 0 Å². The van der Waals surface area contributed by atoms with Crippen LogP contribution in [0.4, 0.5) is 10.8 Å². The van der Waals surface area contributed by atoms with E-state index >= 15 is 0 Å². The number of anilines is 2. The standard InChI is InChI=1S/C24H27N5O3S2/c1-14(2)18-7-9-19(10-8-18)29(34(31,32)23-16(4)27-28-17(23)5)13-22(30)26-24-25-20-11-6-15(3)12-21(20)33-24/h6-12,14H,13H2,1-5H3,(H,27,28)(H,25,26,30). The quantitative estimate of drug-likeness (QED) is 0.377. The second-order valence-corrected chi connectivity index (χ2v) is 11.4. The molecule has 10 heteroatoms. The average molecular weight is 498 g/mol. The van der Waals surface area contributed by atoms with Crippen LogP contribution < -0.4 is 9.62 Å². The fourth-order valence-electron chi connectivity index (χ4n) is 3.75. The van der Waals surface area contributed by atoms with E-state index in [0.717, 1.165) is 25.6 Å². The van der Waals surface area contributed by atoms with Gasteiger partial charge in [-0.05, 0) is 62.1 Å². The van der Waals surface area contributed by atoms with Crippen molar-refractivity contribution in [2.75, 3.05) is 16.2 Å². The molecule has 1 amide bonds. The minimum absolute atomic E-state index is 0.0729. The Bertz CT molecular complexity index is 1430. The summed E-state index contributed by atoms with van der Waals surface area (Å²) < 4.78 is 29.5. The summed E-state index contributed by atoms with van der Waals surface area (Å²) in [6.45, 7) is 8.99. The third kappa shape index (κ3) is 4.69. The van der Waals surface area contributed by atoms with Gasteiger partial charge in [-0.15, -0.1) is 0 Å². The van der Waals surface area contributed by atoms with Gasteiger partial charge in [-0.3, -0.25) is 14.2 Å². The molecule has 0 radical (unpaired) electrons. The van der Waals surface area contributed by atoms with E-state index < -0.39 is 22.5 Å². The van der Waals surface area contributed by atoms with Gasteiger partial charge < -0.3 is 5.32 Å². The molecule has 178 valence electrons. The first kappa shape index (κ1) is 23.9. The molecule has 0 atom stereocenters. The SMILES string of the molecule is Cc1ccc2nc(NC(=O)CN(c3ccc(C(C)C)cc3)S(=O)(=O)c3c(C)n[nH]c3C)sc2c1. The molecule has 0 unspecified atom stereocenters. The molecule has 8 nitrogen and oxygen atoms in total. The van der Waals surface area contributed by atoms with Crippen molar-refractivity contribution in [3.63, 3.8) is 0 Å². The lowest BCUT2D eigenvalue weighted by molar-refractivity contribution is -0.114. The monoisotopic (exact) mass is 497 g/mol. The molecule has 2 N–H and O–H groups in total. The van der Waals surface area contributed by atoms with Crippen molar-refractivity contribution in [3.05, 3.63) is 65.0 Å². The highest BCUT2D eigenvalue weighted by molar-refractivity contribution is 7.93. The Balaban J connectivity index is 1.67. The van der Waals surface area contributed by atoms with Crippen molar-refractivity contribution < 1.29 is 13.2 Å². The second-order valence-electron chi connectivity index (χ2n) is 8.56. The molecule has 0 aliphatic carbocycles. The lowest BCUT2D eigenvalue weighted by Crippen LogP contribution is -2.38. The fraction of sp³-hybridized carbons (Fsp3) is 0.292. The highest BCUT2D eigenvalue weighted by Gasteiger charge is 2.32. The van der Waals surface area contributed by atoms with Crippen molar-refractivity contribution in [1.82, 2.24) is 15.2 Å². The van der Waals surface area contributed by atoms with Gasteiger partial charge in [0.25, 0.3) is 10.0 Å². The number of aromatic amines is 1. The zero-order valence-electron chi connectivity index (χ0n) is 19.7. The summed E-state index contributed by atoms with van der Waals surface area (Å²) in [6, 6.07) is 13.1. The summed E-state index contributed by atoms with van der Waals surface area (Å²) in [5, 5.41) is 9.95. The first-order chi connectivity index (χ1) is 16.1. The van der Waals surface area contributed by atoms with Gasteiger partial charge in [0.2, 0.25) is 5.91 Å². The molecule has 2 aromatic carbocycles. The predicted octanol–water partition coefficient (Wildman–Crippen LogP) is 4.90. The maximum Gasteiger partial charge on any atom is 0.268 e. The van der Waals surface area contributed by atoms with Gasteiger partial charge in [-0.25, -0.2) is 13.4 Å². The Morgan fingerprint density at radius 2 is 1.82 bits per heavy atom. The number of amides is 1. The molecule has 0 aliphatic rings. The third-order valence-corrected chi connectivity index (χ3v) is 8.51. The molecule has 0 saturated heterocycles. The van der Waals surface area contributed by atoms with Crippen molar-refractivity contribution in [2.45, 2.75) is 45.4 Å². The minimum Gasteiger partial charge on any atom is -0.300 e. The number of rotatable bonds is 7. The zero-order valence-corrected chi connectivity index (χ0v) is 21.3. The molecule has 0 saturated carbocycles. The summed E-state index contributed by atoms with van der Waals surface area (Å²) >= 11 is 1.35. The average Bonchev–Trinajstić information content (AvgIpc) is 3.33. The van der Waals surface area contributed by atoms with Crippen LogP contribution in [0.1, 0.15) is 42.3 Å². The van der Waals surface area contributed by atoms with Crippen molar-refractivity contribution >= 4 is 48.3 Å². The van der Waals surface area contributed by atoms with E-state index in [-0.39, 0.29) is 4.90 Å². The second kappa shape index (κ2) is 9.19. The summed E-state index contributed by atoms with van der Waals surface area (Å²) in [5.74, 6) is -0.186. The van der Waals surface area contributed by atoms with Gasteiger partial charge in [-0.2, -0.15) is 5.10 Å². The van der Waals surface area contributed by atoms with Crippen LogP contribution >= 0.6 is 11.3 Å². The van der Waals surface area contributed by atoms with Crippen LogP contribution in [0.25, 0.3) is 10.2 Å². The summed E-state index contributed by atoms with van der Waals surface area (Å²) in [7, 11) is -4.06. The minimum atomic E-state index is -4.06. The molecule has 2 heterocycles. The van der Waals surface area contributed by atoms with E-state index in [2.05, 4.69) is 34.3 Å². The molecule has 2 aromatic heterocycles. The Morgan fingerprint density at radius 1 is 1.12 bits per heavy atom. The number of hydrogen-bond acceptors (Lipinski definition) is 6. The van der Waals surface area contributed by atoms with E-state index in [1.807, 2.05) is 37.3 Å². The van der Waals surface area contributed by atoms with Gasteiger partial charge in [0, 0.05) is 0 Å². The van der Waals surface area contributed by atoms with Crippen LogP contribution in [0.2, 0.25) is 0 Å². The summed E-state index contributed by atoms with van der Waals surface area (Å²) in [4.78, 5) is 17.5. The molecule has 34 heavy (non-hydrogen) atoms. The number of thiazole rings is 1.